The molecule has 1 fully saturated rings. The highest BCUT2D eigenvalue weighted by Gasteiger charge is 2.37. The van der Waals surface area contributed by atoms with Gasteiger partial charge in [0.05, 0.1) is 31.2 Å². The number of anilines is 2. The Morgan fingerprint density at radius 3 is 2.29 bits per heavy atom. The minimum Gasteiger partial charge on any atom is -0.497 e. The number of benzene rings is 2. The van der Waals surface area contributed by atoms with Crippen LogP contribution in [-0.4, -0.2) is 56.7 Å². The van der Waals surface area contributed by atoms with Crippen LogP contribution in [0.3, 0.4) is 0 Å². The molecule has 2 aliphatic heterocycles. The van der Waals surface area contributed by atoms with Gasteiger partial charge in [0.1, 0.15) is 17.2 Å². The first-order valence-corrected chi connectivity index (χ1v) is 12.6. The Morgan fingerprint density at radius 1 is 1.00 bits per heavy atom. The van der Waals surface area contributed by atoms with E-state index in [2.05, 4.69) is 5.10 Å². The van der Waals surface area contributed by atoms with E-state index in [1.165, 1.54) is 26.4 Å². The van der Waals surface area contributed by atoms with Crippen molar-refractivity contribution < 1.29 is 22.6 Å². The summed E-state index contributed by atoms with van der Waals surface area (Å²) in [5.41, 5.74) is 6.57. The van der Waals surface area contributed by atoms with Gasteiger partial charge < -0.3 is 25.0 Å². The minimum absolute atomic E-state index is 0.293. The fraction of sp³-hybridized carbons (Fsp3) is 0.407. The van der Waals surface area contributed by atoms with E-state index >= 15 is 0 Å². The van der Waals surface area contributed by atoms with Gasteiger partial charge >= 0.3 is 6.18 Å². The highest BCUT2D eigenvalue weighted by Crippen LogP contribution is 2.39. The van der Waals surface area contributed by atoms with Crippen LogP contribution in [0.2, 0.25) is 0 Å². The fourth-order valence-electron chi connectivity index (χ4n) is 5.29. The van der Waals surface area contributed by atoms with Crippen LogP contribution in [0.4, 0.5) is 24.5 Å². The summed E-state index contributed by atoms with van der Waals surface area (Å²) in [6, 6.07) is 9.09. The lowest BCUT2D eigenvalue weighted by molar-refractivity contribution is -0.137. The summed E-state index contributed by atoms with van der Waals surface area (Å²) >= 11 is 0. The van der Waals surface area contributed by atoms with Gasteiger partial charge in [-0.05, 0) is 49.6 Å². The Kier molecular flexibility index (Phi) is 6.95. The predicted octanol–water partition coefficient (Wildman–Crippen LogP) is 3.86. The quantitative estimate of drug-likeness (QED) is 0.498. The van der Waals surface area contributed by atoms with Crippen LogP contribution in [0, 0.1) is 0 Å². The first kappa shape index (κ1) is 25.9. The molecule has 0 bridgehead atoms. The van der Waals surface area contributed by atoms with Crippen molar-refractivity contribution in [3.63, 3.8) is 0 Å². The Hall–Kier alpha value is -3.73. The zero-order valence-corrected chi connectivity index (χ0v) is 21.3. The number of ether oxygens (including phenoxy) is 2. The van der Waals surface area contributed by atoms with Gasteiger partial charge in [-0.1, -0.05) is 0 Å². The number of rotatable bonds is 7. The molecule has 38 heavy (non-hydrogen) atoms. The van der Waals surface area contributed by atoms with E-state index in [4.69, 9.17) is 15.2 Å². The van der Waals surface area contributed by atoms with Gasteiger partial charge in [-0.3, -0.25) is 4.79 Å². The molecule has 3 heterocycles. The summed E-state index contributed by atoms with van der Waals surface area (Å²) in [6.45, 7) is 2.70. The van der Waals surface area contributed by atoms with Crippen molar-refractivity contribution in [3.8, 4) is 28.4 Å². The number of halogens is 3. The fourth-order valence-corrected chi connectivity index (χ4v) is 5.29. The molecule has 8 nitrogen and oxygen atoms in total. The van der Waals surface area contributed by atoms with E-state index < -0.39 is 17.3 Å². The van der Waals surface area contributed by atoms with Crippen molar-refractivity contribution in [3.05, 3.63) is 57.9 Å². The number of hydrogen-bond donors (Lipinski definition) is 1. The molecule has 0 radical (unpaired) electrons. The van der Waals surface area contributed by atoms with Crippen LogP contribution in [0.5, 0.6) is 11.5 Å². The molecule has 5 rings (SSSR count). The summed E-state index contributed by atoms with van der Waals surface area (Å²) in [6.07, 6.45) is -2.25. The molecular formula is C27H30F3N5O3. The van der Waals surface area contributed by atoms with E-state index in [0.717, 1.165) is 36.7 Å². The minimum atomic E-state index is -4.69. The molecule has 0 atom stereocenters. The van der Waals surface area contributed by atoms with E-state index in [1.54, 1.807) is 18.2 Å². The molecule has 1 saturated heterocycles. The van der Waals surface area contributed by atoms with Gasteiger partial charge in [0.15, 0.2) is 0 Å². The summed E-state index contributed by atoms with van der Waals surface area (Å²) < 4.78 is 54.5. The van der Waals surface area contributed by atoms with Crippen LogP contribution >= 0.6 is 0 Å². The second-order valence-corrected chi connectivity index (χ2v) is 9.41. The molecule has 0 amide bonds. The highest BCUT2D eigenvalue weighted by molar-refractivity contribution is 5.75. The molecule has 0 saturated carbocycles. The summed E-state index contributed by atoms with van der Waals surface area (Å²) in [5, 5.41) is 4.59. The van der Waals surface area contributed by atoms with Crippen molar-refractivity contribution in [2.45, 2.75) is 25.4 Å². The Morgan fingerprint density at radius 2 is 1.68 bits per heavy atom. The number of methoxy groups -OCH3 is 2. The molecule has 0 unspecified atom stereocenters. The monoisotopic (exact) mass is 529 g/mol. The number of nitrogens with zero attached hydrogens (tertiary/aromatic N) is 4. The van der Waals surface area contributed by atoms with Crippen molar-refractivity contribution in [1.29, 1.82) is 0 Å². The van der Waals surface area contributed by atoms with Gasteiger partial charge in [-0.2, -0.15) is 23.0 Å². The Balaban J connectivity index is 1.80. The normalized spacial score (nSPS) is 15.2. The molecule has 1 aromatic heterocycles. The molecule has 0 aliphatic carbocycles. The predicted molar refractivity (Wildman–Crippen MR) is 140 cm³/mol. The van der Waals surface area contributed by atoms with Gasteiger partial charge in [0, 0.05) is 55.6 Å². The van der Waals surface area contributed by atoms with Gasteiger partial charge in [0.25, 0.3) is 5.56 Å². The maximum absolute atomic E-state index is 14.3. The van der Waals surface area contributed by atoms with Gasteiger partial charge in [-0.15, -0.1) is 0 Å². The van der Waals surface area contributed by atoms with E-state index in [1.807, 2.05) is 9.80 Å². The van der Waals surface area contributed by atoms with Gasteiger partial charge in [0.2, 0.25) is 0 Å². The van der Waals surface area contributed by atoms with Gasteiger partial charge in [-0.25, -0.2) is 0 Å². The molecule has 3 aromatic rings. The number of fused-ring (bicyclic) bond motifs is 1. The van der Waals surface area contributed by atoms with E-state index in [0.29, 0.717) is 65.7 Å². The van der Waals surface area contributed by atoms with Crippen LogP contribution in [0.1, 0.15) is 24.0 Å². The number of aromatic nitrogens is 2. The lowest BCUT2D eigenvalue weighted by Gasteiger charge is -2.23. The number of nitrogens with two attached hydrogens (primary N) is 1. The summed E-state index contributed by atoms with van der Waals surface area (Å²) in [7, 11) is 3.03. The van der Waals surface area contributed by atoms with Crippen LogP contribution in [-0.2, 0) is 12.6 Å². The zero-order chi connectivity index (χ0) is 27.0. The Labute approximate surface area is 218 Å². The SMILES string of the molecule is COc1cc(OC)cc(-c2nn(-c3cc(N4CCCC4)ccc3C(F)(F)F)c(=O)c3c2CCN3CCN)c1. The van der Waals surface area contributed by atoms with Crippen molar-refractivity contribution >= 4 is 11.4 Å². The average molecular weight is 530 g/mol. The van der Waals surface area contributed by atoms with Crippen molar-refractivity contribution in [1.82, 2.24) is 9.78 Å². The topological polar surface area (TPSA) is 85.9 Å². The lowest BCUT2D eigenvalue weighted by Crippen LogP contribution is -2.34. The molecular weight excluding hydrogens is 499 g/mol. The first-order chi connectivity index (χ1) is 18.2. The van der Waals surface area contributed by atoms with Crippen molar-refractivity contribution in [2.24, 2.45) is 5.73 Å². The van der Waals surface area contributed by atoms with E-state index in [9.17, 15) is 18.0 Å². The smallest absolute Gasteiger partial charge is 0.418 e. The second-order valence-electron chi connectivity index (χ2n) is 9.41. The molecule has 202 valence electrons. The van der Waals surface area contributed by atoms with Crippen LogP contribution < -0.4 is 30.6 Å². The van der Waals surface area contributed by atoms with Crippen LogP contribution in [0.25, 0.3) is 16.9 Å². The maximum atomic E-state index is 14.3. The molecule has 2 aliphatic rings. The lowest BCUT2D eigenvalue weighted by atomic mass is 10.0. The first-order valence-electron chi connectivity index (χ1n) is 12.6. The molecule has 2 aromatic carbocycles. The number of alkyl halides is 3. The maximum Gasteiger partial charge on any atom is 0.418 e. The standard InChI is InChI=1S/C27H30F3N5O3/c1-37-19-13-17(14-20(16-19)38-2)24-21-7-11-34(12-8-31)25(21)26(36)35(32-24)23-15-18(33-9-3-4-10-33)5-6-22(23)27(28,29)30/h5-6,13-16H,3-4,7-12,31H2,1-2H3. The number of hydrogen-bond acceptors (Lipinski definition) is 7. The summed E-state index contributed by atoms with van der Waals surface area (Å²) in [5.74, 6) is 0.993. The zero-order valence-electron chi connectivity index (χ0n) is 21.3. The second kappa shape index (κ2) is 10.2. The molecule has 2 N–H and O–H groups in total. The largest absolute Gasteiger partial charge is 0.497 e. The third-order valence-electron chi connectivity index (χ3n) is 7.12. The highest BCUT2D eigenvalue weighted by atomic mass is 19.4. The van der Waals surface area contributed by atoms with Crippen LogP contribution in [0.15, 0.2) is 41.2 Å². The average Bonchev–Trinajstić information content (AvgIpc) is 3.59. The summed E-state index contributed by atoms with van der Waals surface area (Å²) in [4.78, 5) is 17.7. The molecule has 0 spiro atoms. The van der Waals surface area contributed by atoms with Crippen molar-refractivity contribution in [2.75, 3.05) is 56.7 Å². The third-order valence-corrected chi connectivity index (χ3v) is 7.12. The third kappa shape index (κ3) is 4.66. The molecule has 11 heteroatoms. The van der Waals surface area contributed by atoms with E-state index in [-0.39, 0.29) is 5.69 Å². The Bertz CT molecular complexity index is 1380.